The van der Waals surface area contributed by atoms with Crippen molar-refractivity contribution < 1.29 is 14.3 Å². The summed E-state index contributed by atoms with van der Waals surface area (Å²) in [7, 11) is 0. The number of carbonyl (C=O) groups excluding carboxylic acids is 2. The monoisotopic (exact) mass is 335 g/mol. The lowest BCUT2D eigenvalue weighted by atomic mass is 9.86. The minimum Gasteiger partial charge on any atom is -0.452 e. The number of nitrogens with one attached hydrogen (secondary N) is 1. The predicted molar refractivity (Wildman–Crippen MR) is 91.0 cm³/mol. The zero-order valence-electron chi connectivity index (χ0n) is 13.3. The van der Waals surface area contributed by atoms with Gasteiger partial charge >= 0.3 is 5.97 Å². The van der Waals surface area contributed by atoms with Crippen molar-refractivity contribution in [1.29, 1.82) is 0 Å². The molecule has 0 unspecified atom stereocenters. The molecular weight excluding hydrogens is 314 g/mol. The fraction of sp³-hybridized carbons (Fsp3) is 0.444. The summed E-state index contributed by atoms with van der Waals surface area (Å²) >= 11 is 5.99. The van der Waals surface area contributed by atoms with Gasteiger partial charge in [0.1, 0.15) is 0 Å². The first-order valence-electron chi connectivity index (χ1n) is 7.95. The van der Waals surface area contributed by atoms with Gasteiger partial charge in [-0.2, -0.15) is 0 Å². The van der Waals surface area contributed by atoms with Crippen LogP contribution in [-0.4, -0.2) is 24.5 Å². The van der Waals surface area contributed by atoms with Crippen molar-refractivity contribution >= 4 is 29.6 Å². The van der Waals surface area contributed by atoms with Crippen LogP contribution in [0.25, 0.3) is 6.08 Å². The van der Waals surface area contributed by atoms with Gasteiger partial charge in [-0.1, -0.05) is 49.6 Å². The van der Waals surface area contributed by atoms with Gasteiger partial charge in [0, 0.05) is 17.1 Å². The minimum absolute atomic E-state index is 0.189. The number of hydrogen-bond donors (Lipinski definition) is 1. The predicted octanol–water partition coefficient (Wildman–Crippen LogP) is 3.59. The Kier molecular flexibility index (Phi) is 6.66. The summed E-state index contributed by atoms with van der Waals surface area (Å²) in [5.74, 6) is -0.330. The van der Waals surface area contributed by atoms with E-state index in [9.17, 15) is 9.59 Å². The Morgan fingerprint density at radius 1 is 1.30 bits per heavy atom. The summed E-state index contributed by atoms with van der Waals surface area (Å²) in [5, 5.41) is 3.50. The molecule has 0 saturated heterocycles. The number of benzene rings is 1. The van der Waals surface area contributed by atoms with Crippen LogP contribution < -0.4 is 5.32 Å². The van der Waals surface area contributed by atoms with E-state index >= 15 is 0 Å². The molecule has 1 saturated carbocycles. The van der Waals surface area contributed by atoms with Crippen LogP contribution in [0.15, 0.2) is 30.3 Å². The lowest BCUT2D eigenvalue weighted by Gasteiger charge is -2.29. The molecule has 1 aromatic carbocycles. The smallest absolute Gasteiger partial charge is 0.331 e. The average Bonchev–Trinajstić information content (AvgIpc) is 2.54. The molecule has 0 aromatic heterocycles. The lowest BCUT2D eigenvalue weighted by Crippen LogP contribution is -2.42. The van der Waals surface area contributed by atoms with E-state index in [0.717, 1.165) is 24.8 Å². The first-order chi connectivity index (χ1) is 11.1. The van der Waals surface area contributed by atoms with Crippen LogP contribution >= 0.6 is 11.6 Å². The highest BCUT2D eigenvalue weighted by Gasteiger charge is 2.22. The van der Waals surface area contributed by atoms with Gasteiger partial charge in [0.2, 0.25) is 0 Å². The fourth-order valence-electron chi connectivity index (χ4n) is 2.73. The highest BCUT2D eigenvalue weighted by molar-refractivity contribution is 6.32. The zero-order valence-corrected chi connectivity index (χ0v) is 14.0. The summed E-state index contributed by atoms with van der Waals surface area (Å²) in [4.78, 5) is 23.5. The van der Waals surface area contributed by atoms with Crippen LogP contribution in [0.1, 0.15) is 38.2 Å². The van der Waals surface area contributed by atoms with E-state index in [4.69, 9.17) is 16.3 Å². The van der Waals surface area contributed by atoms with E-state index < -0.39 is 5.97 Å². The number of halogens is 1. The Morgan fingerprint density at radius 3 is 2.78 bits per heavy atom. The SMILES string of the molecule is C[C@H]1CCCC[C@H]1NC(=O)COC(=O)/C=C/c1ccccc1Cl. The summed E-state index contributed by atoms with van der Waals surface area (Å²) < 4.78 is 4.96. The van der Waals surface area contributed by atoms with Gasteiger partial charge in [-0.3, -0.25) is 4.79 Å². The van der Waals surface area contributed by atoms with Crippen molar-refractivity contribution in [3.05, 3.63) is 40.9 Å². The summed E-state index contributed by atoms with van der Waals surface area (Å²) in [5.41, 5.74) is 0.728. The Labute approximate surface area is 141 Å². The van der Waals surface area contributed by atoms with E-state index in [1.165, 1.54) is 12.5 Å². The van der Waals surface area contributed by atoms with Crippen LogP contribution in [0.4, 0.5) is 0 Å². The molecule has 5 heteroatoms. The van der Waals surface area contributed by atoms with Crippen molar-refractivity contribution in [3.63, 3.8) is 0 Å². The first-order valence-corrected chi connectivity index (χ1v) is 8.33. The average molecular weight is 336 g/mol. The second kappa shape index (κ2) is 8.73. The Hall–Kier alpha value is -1.81. The highest BCUT2D eigenvalue weighted by atomic mass is 35.5. The fourth-order valence-corrected chi connectivity index (χ4v) is 2.93. The van der Waals surface area contributed by atoms with Gasteiger partial charge in [-0.05, 0) is 36.5 Å². The van der Waals surface area contributed by atoms with Gasteiger partial charge in [0.05, 0.1) is 0 Å². The third-order valence-electron chi connectivity index (χ3n) is 4.11. The van der Waals surface area contributed by atoms with Gasteiger partial charge in [-0.15, -0.1) is 0 Å². The van der Waals surface area contributed by atoms with E-state index in [1.54, 1.807) is 18.2 Å². The largest absolute Gasteiger partial charge is 0.452 e. The second-order valence-electron chi connectivity index (χ2n) is 5.90. The van der Waals surface area contributed by atoms with Crippen LogP contribution in [0.5, 0.6) is 0 Å². The molecule has 2 atom stereocenters. The summed E-state index contributed by atoms with van der Waals surface area (Å²) in [6, 6.07) is 7.37. The van der Waals surface area contributed by atoms with Crippen molar-refractivity contribution in [2.75, 3.05) is 6.61 Å². The topological polar surface area (TPSA) is 55.4 Å². The number of ether oxygens (including phenoxy) is 1. The third kappa shape index (κ3) is 5.71. The van der Waals surface area contributed by atoms with E-state index in [-0.39, 0.29) is 18.6 Å². The molecule has 1 amide bonds. The Morgan fingerprint density at radius 2 is 2.04 bits per heavy atom. The number of carbonyl (C=O) groups is 2. The number of rotatable bonds is 5. The van der Waals surface area contributed by atoms with Crippen molar-refractivity contribution in [2.45, 2.75) is 38.6 Å². The highest BCUT2D eigenvalue weighted by Crippen LogP contribution is 2.23. The third-order valence-corrected chi connectivity index (χ3v) is 4.45. The normalized spacial score (nSPS) is 21.1. The van der Waals surface area contributed by atoms with Crippen LogP contribution in [0.2, 0.25) is 5.02 Å². The van der Waals surface area contributed by atoms with Gasteiger partial charge in [-0.25, -0.2) is 4.79 Å². The Bertz CT molecular complexity index is 585. The molecule has 1 aromatic rings. The molecule has 0 aliphatic heterocycles. The maximum absolute atomic E-state index is 11.9. The zero-order chi connectivity index (χ0) is 16.7. The maximum atomic E-state index is 11.9. The van der Waals surface area contributed by atoms with Crippen LogP contribution in [-0.2, 0) is 14.3 Å². The quantitative estimate of drug-likeness (QED) is 0.661. The standard InChI is InChI=1S/C18H22ClNO3/c1-13-6-2-5-9-16(13)20-17(21)12-23-18(22)11-10-14-7-3-4-8-15(14)19/h3-4,7-8,10-11,13,16H,2,5-6,9,12H2,1H3,(H,20,21)/b11-10+/t13-,16+/m0/s1. The van der Waals surface area contributed by atoms with Gasteiger partial charge in [0.15, 0.2) is 6.61 Å². The van der Waals surface area contributed by atoms with E-state index in [1.807, 2.05) is 12.1 Å². The number of hydrogen-bond acceptors (Lipinski definition) is 3. The van der Waals surface area contributed by atoms with E-state index in [0.29, 0.717) is 10.9 Å². The molecule has 4 nitrogen and oxygen atoms in total. The molecule has 1 aliphatic carbocycles. The molecule has 0 bridgehead atoms. The number of esters is 1. The minimum atomic E-state index is -0.559. The van der Waals surface area contributed by atoms with Crippen LogP contribution in [0, 0.1) is 5.92 Å². The molecule has 2 rings (SSSR count). The molecule has 0 spiro atoms. The van der Waals surface area contributed by atoms with Crippen LogP contribution in [0.3, 0.4) is 0 Å². The molecule has 1 N–H and O–H groups in total. The first kappa shape index (κ1) is 17.5. The van der Waals surface area contributed by atoms with Gasteiger partial charge < -0.3 is 10.1 Å². The Balaban J connectivity index is 1.75. The van der Waals surface area contributed by atoms with Crippen molar-refractivity contribution in [1.82, 2.24) is 5.32 Å². The lowest BCUT2D eigenvalue weighted by molar-refractivity contribution is -0.144. The van der Waals surface area contributed by atoms with Crippen molar-refractivity contribution in [3.8, 4) is 0 Å². The maximum Gasteiger partial charge on any atom is 0.331 e. The van der Waals surface area contributed by atoms with E-state index in [2.05, 4.69) is 12.2 Å². The van der Waals surface area contributed by atoms with Gasteiger partial charge in [0.25, 0.3) is 5.91 Å². The molecule has 124 valence electrons. The summed E-state index contributed by atoms with van der Waals surface area (Å²) in [6.07, 6.45) is 7.33. The molecule has 23 heavy (non-hydrogen) atoms. The molecule has 1 aliphatic rings. The summed E-state index contributed by atoms with van der Waals surface area (Å²) in [6.45, 7) is 1.89. The second-order valence-corrected chi connectivity index (χ2v) is 6.31. The molecule has 1 fully saturated rings. The number of amides is 1. The van der Waals surface area contributed by atoms with Crippen molar-refractivity contribution in [2.24, 2.45) is 5.92 Å². The molecular formula is C18H22ClNO3. The molecule has 0 heterocycles. The molecule has 0 radical (unpaired) electrons.